The first-order chi connectivity index (χ1) is 9.63. The molecule has 1 fully saturated rings. The van der Waals surface area contributed by atoms with E-state index in [1.165, 1.54) is 0 Å². The molecule has 22 heavy (non-hydrogen) atoms. The zero-order chi connectivity index (χ0) is 14.5. The molecule has 0 unspecified atom stereocenters. The number of hydrogen-bond donors (Lipinski definition) is 2. The van der Waals surface area contributed by atoms with Crippen molar-refractivity contribution in [2.24, 2.45) is 17.6 Å². The number of hydrogen-bond acceptors (Lipinski definition) is 4. The summed E-state index contributed by atoms with van der Waals surface area (Å²) in [7, 11) is 3.91. The van der Waals surface area contributed by atoms with E-state index in [4.69, 9.17) is 5.73 Å². The Bertz CT molecular complexity index is 471. The summed E-state index contributed by atoms with van der Waals surface area (Å²) in [5, 5.41) is 3.04. The van der Waals surface area contributed by atoms with Crippen LogP contribution < -0.4 is 16.0 Å². The lowest BCUT2D eigenvalue weighted by molar-refractivity contribution is -0.126. The van der Waals surface area contributed by atoms with Crippen LogP contribution in [0.5, 0.6) is 0 Å². The molecule has 0 bridgehead atoms. The molecule has 2 rings (SSSR count). The molecule has 5 nitrogen and oxygen atoms in total. The molecule has 1 aliphatic rings. The van der Waals surface area contributed by atoms with E-state index in [0.29, 0.717) is 19.0 Å². The molecule has 0 spiro atoms. The van der Waals surface area contributed by atoms with E-state index < -0.39 is 0 Å². The van der Waals surface area contributed by atoms with Crippen LogP contribution in [0.4, 0.5) is 5.82 Å². The topological polar surface area (TPSA) is 71.2 Å². The molecule has 7 heteroatoms. The lowest BCUT2D eigenvalue weighted by Crippen LogP contribution is -2.35. The Kier molecular flexibility index (Phi) is 9.41. The number of anilines is 1. The van der Waals surface area contributed by atoms with Gasteiger partial charge in [0.05, 0.1) is 0 Å². The van der Waals surface area contributed by atoms with Crippen molar-refractivity contribution in [2.45, 2.75) is 25.8 Å². The van der Waals surface area contributed by atoms with Gasteiger partial charge in [-0.2, -0.15) is 0 Å². The van der Waals surface area contributed by atoms with Crippen molar-refractivity contribution in [3.05, 3.63) is 23.9 Å². The Morgan fingerprint density at radius 3 is 2.77 bits per heavy atom. The van der Waals surface area contributed by atoms with Crippen molar-refractivity contribution in [3.8, 4) is 0 Å². The minimum Gasteiger partial charge on any atom is -0.362 e. The van der Waals surface area contributed by atoms with Crippen LogP contribution in [0.15, 0.2) is 18.3 Å². The highest BCUT2D eigenvalue weighted by atomic mass is 35.5. The largest absolute Gasteiger partial charge is 0.362 e. The van der Waals surface area contributed by atoms with Gasteiger partial charge in [-0.1, -0.05) is 12.5 Å². The summed E-state index contributed by atoms with van der Waals surface area (Å²) < 4.78 is 0. The van der Waals surface area contributed by atoms with Crippen molar-refractivity contribution in [1.82, 2.24) is 10.3 Å². The van der Waals surface area contributed by atoms with Crippen LogP contribution in [0.1, 0.15) is 24.8 Å². The van der Waals surface area contributed by atoms with Gasteiger partial charge in [-0.25, -0.2) is 4.98 Å². The monoisotopic (exact) mass is 348 g/mol. The minimum atomic E-state index is 0. The van der Waals surface area contributed by atoms with Gasteiger partial charge in [0.25, 0.3) is 0 Å². The minimum absolute atomic E-state index is 0. The summed E-state index contributed by atoms with van der Waals surface area (Å²) in [5.74, 6) is 1.46. The number of pyridine rings is 1. The molecule has 0 saturated heterocycles. The molecule has 0 radical (unpaired) electrons. The van der Waals surface area contributed by atoms with Crippen LogP contribution >= 0.6 is 24.8 Å². The molecule has 1 aromatic heterocycles. The molecule has 126 valence electrons. The maximum atomic E-state index is 12.3. The van der Waals surface area contributed by atoms with Gasteiger partial charge in [0, 0.05) is 38.3 Å². The fourth-order valence-corrected chi connectivity index (χ4v) is 2.95. The number of amides is 1. The SMILES string of the molecule is CN(C)c1ncccc1CNC(=O)[C@@H]1CCC[C@@H]1CN.Cl.Cl. The van der Waals surface area contributed by atoms with Gasteiger partial charge in [-0.05, 0) is 31.4 Å². The summed E-state index contributed by atoms with van der Waals surface area (Å²) in [6.45, 7) is 1.13. The Morgan fingerprint density at radius 2 is 2.14 bits per heavy atom. The maximum Gasteiger partial charge on any atom is 0.223 e. The number of nitrogens with one attached hydrogen (secondary N) is 1. The Hall–Kier alpha value is -1.04. The van der Waals surface area contributed by atoms with Crippen LogP contribution in [-0.4, -0.2) is 31.5 Å². The van der Waals surface area contributed by atoms with Crippen LogP contribution in [0.25, 0.3) is 0 Å². The summed E-state index contributed by atoms with van der Waals surface area (Å²) in [4.78, 5) is 18.6. The van der Waals surface area contributed by atoms with E-state index in [-0.39, 0.29) is 36.6 Å². The fraction of sp³-hybridized carbons (Fsp3) is 0.600. The van der Waals surface area contributed by atoms with Gasteiger partial charge in [0.2, 0.25) is 5.91 Å². The second-order valence-corrected chi connectivity index (χ2v) is 5.63. The normalized spacial score (nSPS) is 19.8. The lowest BCUT2D eigenvalue weighted by Gasteiger charge is -2.19. The van der Waals surface area contributed by atoms with Gasteiger partial charge in [-0.15, -0.1) is 24.8 Å². The Balaban J connectivity index is 0.00000220. The second kappa shape index (κ2) is 9.87. The van der Waals surface area contributed by atoms with Gasteiger partial charge < -0.3 is 16.0 Å². The molecule has 3 N–H and O–H groups in total. The maximum absolute atomic E-state index is 12.3. The van der Waals surface area contributed by atoms with Gasteiger partial charge in [0.1, 0.15) is 5.82 Å². The number of carbonyl (C=O) groups excluding carboxylic acids is 1. The third kappa shape index (κ3) is 5.00. The van der Waals surface area contributed by atoms with Gasteiger partial charge in [-0.3, -0.25) is 4.79 Å². The van der Waals surface area contributed by atoms with E-state index in [2.05, 4.69) is 10.3 Å². The number of aromatic nitrogens is 1. The zero-order valence-corrected chi connectivity index (χ0v) is 14.8. The number of rotatable bonds is 5. The van der Waals surface area contributed by atoms with Crippen LogP contribution in [0.3, 0.4) is 0 Å². The molecule has 2 atom stereocenters. The summed E-state index contributed by atoms with van der Waals surface area (Å²) >= 11 is 0. The molecule has 1 saturated carbocycles. The number of carbonyl (C=O) groups is 1. The fourth-order valence-electron chi connectivity index (χ4n) is 2.95. The van der Waals surface area contributed by atoms with E-state index in [9.17, 15) is 4.79 Å². The highest BCUT2D eigenvalue weighted by Gasteiger charge is 2.31. The molecule has 0 aromatic carbocycles. The number of nitrogens with two attached hydrogens (primary N) is 1. The smallest absolute Gasteiger partial charge is 0.223 e. The number of halogens is 2. The van der Waals surface area contributed by atoms with Crippen molar-refractivity contribution in [2.75, 3.05) is 25.5 Å². The average Bonchev–Trinajstić information content (AvgIpc) is 2.93. The molecular weight excluding hydrogens is 323 g/mol. The van der Waals surface area contributed by atoms with Crippen molar-refractivity contribution in [1.29, 1.82) is 0 Å². The zero-order valence-electron chi connectivity index (χ0n) is 13.1. The molecule has 1 aliphatic carbocycles. The first-order valence-corrected chi connectivity index (χ1v) is 7.22. The summed E-state index contributed by atoms with van der Waals surface area (Å²) in [6.07, 6.45) is 4.91. The third-order valence-electron chi connectivity index (χ3n) is 4.04. The molecule has 1 heterocycles. The number of nitrogens with zero attached hydrogens (tertiary/aromatic N) is 2. The summed E-state index contributed by atoms with van der Waals surface area (Å²) in [6, 6.07) is 3.89. The Labute approximate surface area is 144 Å². The highest BCUT2D eigenvalue weighted by Crippen LogP contribution is 2.31. The molecule has 1 aromatic rings. The first kappa shape index (κ1) is 21.0. The van der Waals surface area contributed by atoms with Crippen molar-refractivity contribution < 1.29 is 4.79 Å². The Morgan fingerprint density at radius 1 is 1.41 bits per heavy atom. The summed E-state index contributed by atoms with van der Waals surface area (Å²) in [5.41, 5.74) is 6.77. The standard InChI is InChI=1S/C15H24N4O.2ClH/c1-19(2)14-12(6-4-8-17-14)10-18-15(20)13-7-3-5-11(13)9-16;;/h4,6,8,11,13H,3,5,7,9-10,16H2,1-2H3,(H,18,20);2*1H/t11-,13-;;/m1../s1. The second-order valence-electron chi connectivity index (χ2n) is 5.63. The van der Waals surface area contributed by atoms with Crippen LogP contribution in [0, 0.1) is 11.8 Å². The van der Waals surface area contributed by atoms with Crippen LogP contribution in [-0.2, 0) is 11.3 Å². The van der Waals surface area contributed by atoms with Crippen molar-refractivity contribution >= 4 is 36.5 Å². The predicted octanol–water partition coefficient (Wildman–Crippen LogP) is 1.98. The molecular formula is C15H26Cl2N4O. The predicted molar refractivity (Wildman–Crippen MR) is 94.8 cm³/mol. The van der Waals surface area contributed by atoms with Crippen LogP contribution in [0.2, 0.25) is 0 Å². The molecule has 1 amide bonds. The van der Waals surface area contributed by atoms with Gasteiger partial charge in [0.15, 0.2) is 0 Å². The van der Waals surface area contributed by atoms with E-state index >= 15 is 0 Å². The molecule has 0 aliphatic heterocycles. The highest BCUT2D eigenvalue weighted by molar-refractivity contribution is 5.85. The van der Waals surface area contributed by atoms with E-state index in [1.807, 2.05) is 31.1 Å². The van der Waals surface area contributed by atoms with E-state index in [0.717, 1.165) is 30.6 Å². The lowest BCUT2D eigenvalue weighted by atomic mass is 9.95. The van der Waals surface area contributed by atoms with Gasteiger partial charge >= 0.3 is 0 Å². The van der Waals surface area contributed by atoms with Crippen molar-refractivity contribution in [3.63, 3.8) is 0 Å². The quantitative estimate of drug-likeness (QED) is 0.853. The third-order valence-corrected chi connectivity index (χ3v) is 4.04. The average molecular weight is 349 g/mol. The first-order valence-electron chi connectivity index (χ1n) is 7.22. The van der Waals surface area contributed by atoms with E-state index in [1.54, 1.807) is 6.20 Å².